The van der Waals surface area contributed by atoms with Crippen molar-refractivity contribution in [3.63, 3.8) is 0 Å². The van der Waals surface area contributed by atoms with Gasteiger partial charge in [0.05, 0.1) is 10.0 Å². The molecule has 1 saturated carbocycles. The number of carbonyl (C=O) groups is 1. The Kier molecular flexibility index (Phi) is 4.74. The quantitative estimate of drug-likeness (QED) is 0.857. The Bertz CT molecular complexity index is 717. The summed E-state index contributed by atoms with van der Waals surface area (Å²) in [6, 6.07) is 10.6. The molecule has 0 aromatic heterocycles. The van der Waals surface area contributed by atoms with E-state index in [0.29, 0.717) is 21.4 Å². The maximum atomic E-state index is 13.1. The molecule has 1 amide bonds. The van der Waals surface area contributed by atoms with Gasteiger partial charge in [-0.1, -0.05) is 35.3 Å². The van der Waals surface area contributed by atoms with Crippen molar-refractivity contribution < 1.29 is 13.9 Å². The molecular formula is C17H14Cl2FNO2. The highest BCUT2D eigenvalue weighted by atomic mass is 35.5. The van der Waals surface area contributed by atoms with E-state index in [2.05, 4.69) is 5.32 Å². The zero-order chi connectivity index (χ0) is 16.4. The van der Waals surface area contributed by atoms with Crippen molar-refractivity contribution in [2.75, 3.05) is 0 Å². The lowest BCUT2D eigenvalue weighted by Gasteiger charge is -2.19. The van der Waals surface area contributed by atoms with Gasteiger partial charge in [-0.05, 0) is 37.1 Å². The summed E-state index contributed by atoms with van der Waals surface area (Å²) in [5.41, 5.74) is 0.565. The fraction of sp³-hybridized carbons (Fsp3) is 0.235. The van der Waals surface area contributed by atoms with E-state index in [1.165, 1.54) is 24.3 Å². The summed E-state index contributed by atoms with van der Waals surface area (Å²) < 4.78 is 18.9. The fourth-order valence-electron chi connectivity index (χ4n) is 2.10. The van der Waals surface area contributed by atoms with E-state index in [4.69, 9.17) is 27.9 Å². The molecular weight excluding hydrogens is 340 g/mol. The number of carbonyl (C=O) groups excluding carboxylic acids is 1. The standard InChI is InChI=1S/C17H14Cl2FNO2/c18-14-8-7-13(9-15(14)19)23-16(17(22)21-12-5-6-12)10-1-3-11(20)4-2-10/h1-4,7-9,12,16H,5-6H2,(H,21,22). The highest BCUT2D eigenvalue weighted by molar-refractivity contribution is 6.42. The second kappa shape index (κ2) is 6.77. The molecule has 6 heteroatoms. The Hall–Kier alpha value is -1.78. The summed E-state index contributed by atoms with van der Waals surface area (Å²) in [6.07, 6.45) is 1.05. The largest absolute Gasteiger partial charge is 0.476 e. The molecule has 1 atom stereocenters. The van der Waals surface area contributed by atoms with Crippen molar-refractivity contribution in [3.05, 3.63) is 63.9 Å². The molecule has 0 saturated heterocycles. The Morgan fingerprint density at radius 3 is 2.43 bits per heavy atom. The molecule has 3 nitrogen and oxygen atoms in total. The van der Waals surface area contributed by atoms with E-state index in [0.717, 1.165) is 12.8 Å². The van der Waals surface area contributed by atoms with Crippen LogP contribution in [0.25, 0.3) is 0 Å². The highest BCUT2D eigenvalue weighted by Crippen LogP contribution is 2.30. The first kappa shape index (κ1) is 16.1. The van der Waals surface area contributed by atoms with Gasteiger partial charge in [-0.15, -0.1) is 0 Å². The Morgan fingerprint density at radius 1 is 1.13 bits per heavy atom. The molecule has 0 radical (unpaired) electrons. The first-order valence-electron chi connectivity index (χ1n) is 7.20. The number of amides is 1. The molecule has 0 spiro atoms. The minimum atomic E-state index is -0.881. The maximum Gasteiger partial charge on any atom is 0.266 e. The molecule has 2 aromatic carbocycles. The van der Waals surface area contributed by atoms with E-state index >= 15 is 0 Å². The number of hydrogen-bond acceptors (Lipinski definition) is 2. The zero-order valence-corrected chi connectivity index (χ0v) is 13.6. The zero-order valence-electron chi connectivity index (χ0n) is 12.1. The van der Waals surface area contributed by atoms with Crippen LogP contribution in [-0.4, -0.2) is 11.9 Å². The van der Waals surface area contributed by atoms with Gasteiger partial charge < -0.3 is 10.1 Å². The predicted molar refractivity (Wildman–Crippen MR) is 87.4 cm³/mol. The van der Waals surface area contributed by atoms with Crippen LogP contribution in [0.2, 0.25) is 10.0 Å². The number of nitrogens with one attached hydrogen (secondary N) is 1. The molecule has 3 rings (SSSR count). The van der Waals surface area contributed by atoms with Crippen LogP contribution in [0.15, 0.2) is 42.5 Å². The van der Waals surface area contributed by atoms with Crippen molar-refractivity contribution in [1.82, 2.24) is 5.32 Å². The van der Waals surface area contributed by atoms with Crippen molar-refractivity contribution in [2.45, 2.75) is 25.0 Å². The molecule has 1 aliphatic carbocycles. The van der Waals surface area contributed by atoms with Gasteiger partial charge in [-0.3, -0.25) is 4.79 Å². The van der Waals surface area contributed by atoms with Gasteiger partial charge in [0.15, 0.2) is 0 Å². The third-order valence-electron chi connectivity index (χ3n) is 3.48. The normalized spacial score (nSPS) is 15.1. The minimum Gasteiger partial charge on any atom is -0.476 e. The van der Waals surface area contributed by atoms with E-state index in [-0.39, 0.29) is 17.8 Å². The molecule has 1 fully saturated rings. The first-order chi connectivity index (χ1) is 11.0. The third-order valence-corrected chi connectivity index (χ3v) is 4.22. The van der Waals surface area contributed by atoms with Crippen molar-refractivity contribution >= 4 is 29.1 Å². The topological polar surface area (TPSA) is 38.3 Å². The summed E-state index contributed by atoms with van der Waals surface area (Å²) in [5.74, 6) is -0.213. The van der Waals surface area contributed by atoms with Crippen LogP contribution in [0.3, 0.4) is 0 Å². The Labute approximate surface area is 143 Å². The summed E-state index contributed by atoms with van der Waals surface area (Å²) in [6.45, 7) is 0. The van der Waals surface area contributed by atoms with Crippen LogP contribution in [0.5, 0.6) is 5.75 Å². The van der Waals surface area contributed by atoms with Gasteiger partial charge in [-0.25, -0.2) is 4.39 Å². The van der Waals surface area contributed by atoms with Crippen molar-refractivity contribution in [3.8, 4) is 5.75 Å². The van der Waals surface area contributed by atoms with Crippen LogP contribution in [0.4, 0.5) is 4.39 Å². The molecule has 23 heavy (non-hydrogen) atoms. The highest BCUT2D eigenvalue weighted by Gasteiger charge is 2.29. The SMILES string of the molecule is O=C(NC1CC1)C(Oc1ccc(Cl)c(Cl)c1)c1ccc(F)cc1. The molecule has 120 valence electrons. The lowest BCUT2D eigenvalue weighted by molar-refractivity contribution is -0.128. The van der Waals surface area contributed by atoms with Crippen LogP contribution < -0.4 is 10.1 Å². The predicted octanol–water partition coefficient (Wildman–Crippen LogP) is 4.53. The number of halogens is 3. The first-order valence-corrected chi connectivity index (χ1v) is 7.96. The second-order valence-corrected chi connectivity index (χ2v) is 6.22. The Morgan fingerprint density at radius 2 is 1.83 bits per heavy atom. The third kappa shape index (κ3) is 4.15. The van der Waals surface area contributed by atoms with Crippen molar-refractivity contribution in [1.29, 1.82) is 0 Å². The monoisotopic (exact) mass is 353 g/mol. The van der Waals surface area contributed by atoms with E-state index in [1.54, 1.807) is 18.2 Å². The average Bonchev–Trinajstić information content (AvgIpc) is 3.33. The second-order valence-electron chi connectivity index (χ2n) is 5.41. The van der Waals surface area contributed by atoms with Gasteiger partial charge in [0, 0.05) is 17.7 Å². The molecule has 2 aromatic rings. The fourth-order valence-corrected chi connectivity index (χ4v) is 2.39. The van der Waals surface area contributed by atoms with Crippen LogP contribution in [0.1, 0.15) is 24.5 Å². The summed E-state index contributed by atoms with van der Waals surface area (Å²) >= 11 is 11.9. The molecule has 1 N–H and O–H groups in total. The molecule has 0 bridgehead atoms. The van der Waals surface area contributed by atoms with Gasteiger partial charge in [0.2, 0.25) is 6.10 Å². The van der Waals surface area contributed by atoms with Gasteiger partial charge in [0.25, 0.3) is 5.91 Å². The molecule has 1 unspecified atom stereocenters. The number of rotatable bonds is 5. The Balaban J connectivity index is 1.85. The van der Waals surface area contributed by atoms with E-state index < -0.39 is 6.10 Å². The molecule has 0 heterocycles. The minimum absolute atomic E-state index is 0.197. The number of benzene rings is 2. The van der Waals surface area contributed by atoms with E-state index in [9.17, 15) is 9.18 Å². The smallest absolute Gasteiger partial charge is 0.266 e. The number of hydrogen-bond donors (Lipinski definition) is 1. The lowest BCUT2D eigenvalue weighted by atomic mass is 10.1. The van der Waals surface area contributed by atoms with E-state index in [1.807, 2.05) is 0 Å². The van der Waals surface area contributed by atoms with Gasteiger partial charge >= 0.3 is 0 Å². The number of ether oxygens (including phenoxy) is 1. The van der Waals surface area contributed by atoms with Crippen LogP contribution in [0, 0.1) is 5.82 Å². The van der Waals surface area contributed by atoms with Crippen LogP contribution >= 0.6 is 23.2 Å². The average molecular weight is 354 g/mol. The summed E-state index contributed by atoms with van der Waals surface area (Å²) in [7, 11) is 0. The summed E-state index contributed by atoms with van der Waals surface area (Å²) in [5, 5.41) is 3.64. The molecule has 0 aliphatic heterocycles. The maximum absolute atomic E-state index is 13.1. The van der Waals surface area contributed by atoms with Gasteiger partial charge in [-0.2, -0.15) is 0 Å². The lowest BCUT2D eigenvalue weighted by Crippen LogP contribution is -2.33. The molecule has 1 aliphatic rings. The van der Waals surface area contributed by atoms with Crippen molar-refractivity contribution in [2.24, 2.45) is 0 Å². The van der Waals surface area contributed by atoms with Crippen LogP contribution in [-0.2, 0) is 4.79 Å². The van der Waals surface area contributed by atoms with Gasteiger partial charge in [0.1, 0.15) is 11.6 Å². The summed E-state index contributed by atoms with van der Waals surface area (Å²) in [4.78, 5) is 12.4.